The topological polar surface area (TPSA) is 12.9 Å². The van der Waals surface area contributed by atoms with Gasteiger partial charge in [0.25, 0.3) is 0 Å². The minimum Gasteiger partial charge on any atom is -0.257 e. The second kappa shape index (κ2) is 5.86. The molecule has 0 radical (unpaired) electrons. The summed E-state index contributed by atoms with van der Waals surface area (Å²) in [5.41, 5.74) is 7.76. The highest BCUT2D eigenvalue weighted by Crippen LogP contribution is 2.38. The lowest BCUT2D eigenvalue weighted by molar-refractivity contribution is 0.726. The largest absolute Gasteiger partial charge is 0.257 e. The molecule has 18 heavy (non-hydrogen) atoms. The fourth-order valence-corrected chi connectivity index (χ4v) is 3.34. The van der Waals surface area contributed by atoms with Gasteiger partial charge in [0.2, 0.25) is 0 Å². The van der Waals surface area contributed by atoms with Crippen molar-refractivity contribution in [2.24, 2.45) is 0 Å². The molecule has 2 aliphatic carbocycles. The van der Waals surface area contributed by atoms with E-state index < -0.39 is 0 Å². The van der Waals surface area contributed by atoms with E-state index >= 15 is 0 Å². The van der Waals surface area contributed by atoms with Crippen molar-refractivity contribution in [3.05, 3.63) is 28.1 Å². The van der Waals surface area contributed by atoms with E-state index in [1.165, 1.54) is 56.3 Å². The Balaban J connectivity index is 0.000000367. The zero-order chi connectivity index (χ0) is 13.1. The molecule has 1 aromatic heterocycles. The average molecular weight is 245 g/mol. The Hall–Kier alpha value is -0.850. The number of hydrogen-bond donors (Lipinski definition) is 0. The van der Waals surface area contributed by atoms with Crippen molar-refractivity contribution in [2.75, 3.05) is 0 Å². The molecular weight excluding hydrogens is 218 g/mol. The summed E-state index contributed by atoms with van der Waals surface area (Å²) >= 11 is 0. The van der Waals surface area contributed by atoms with Crippen LogP contribution in [0, 0.1) is 0 Å². The van der Waals surface area contributed by atoms with Gasteiger partial charge in [-0.25, -0.2) is 0 Å². The molecule has 1 aromatic rings. The maximum absolute atomic E-state index is 4.92. The Bertz CT molecular complexity index is 420. The lowest BCUT2D eigenvalue weighted by Gasteiger charge is -2.13. The Kier molecular flexibility index (Phi) is 4.42. The zero-order valence-corrected chi connectivity index (χ0v) is 12.5. The van der Waals surface area contributed by atoms with Gasteiger partial charge >= 0.3 is 0 Å². The van der Waals surface area contributed by atoms with Crippen LogP contribution in [0.15, 0.2) is 0 Å². The van der Waals surface area contributed by atoms with Gasteiger partial charge in [-0.3, -0.25) is 4.98 Å². The maximum atomic E-state index is 4.92. The minimum absolute atomic E-state index is 0.705. The highest BCUT2D eigenvalue weighted by atomic mass is 14.8. The molecule has 3 rings (SSSR count). The molecule has 0 saturated heterocycles. The van der Waals surface area contributed by atoms with Crippen LogP contribution in [-0.4, -0.2) is 4.98 Å². The van der Waals surface area contributed by atoms with Gasteiger partial charge in [0, 0.05) is 11.4 Å². The van der Waals surface area contributed by atoms with Gasteiger partial charge in [-0.05, 0) is 61.1 Å². The van der Waals surface area contributed by atoms with Crippen molar-refractivity contribution in [3.63, 3.8) is 0 Å². The van der Waals surface area contributed by atoms with Crippen molar-refractivity contribution in [2.45, 2.75) is 78.6 Å². The lowest BCUT2D eigenvalue weighted by Crippen LogP contribution is -2.04. The van der Waals surface area contributed by atoms with Crippen LogP contribution in [0.2, 0.25) is 0 Å². The predicted octanol–water partition coefficient (Wildman–Crippen LogP) is 4.60. The summed E-state index contributed by atoms with van der Waals surface area (Å²) in [6, 6.07) is 0. The number of aryl methyl sites for hydroxylation is 1. The Morgan fingerprint density at radius 2 is 1.78 bits per heavy atom. The summed E-state index contributed by atoms with van der Waals surface area (Å²) in [7, 11) is 0. The molecule has 1 atom stereocenters. The van der Waals surface area contributed by atoms with E-state index in [1.807, 2.05) is 0 Å². The SMILES string of the molecule is CCC.CCc1c2c(nc3c1CCC3C)CCC2. The molecule has 0 N–H and O–H groups in total. The van der Waals surface area contributed by atoms with Gasteiger partial charge < -0.3 is 0 Å². The maximum Gasteiger partial charge on any atom is 0.0470 e. The van der Waals surface area contributed by atoms with E-state index in [9.17, 15) is 0 Å². The monoisotopic (exact) mass is 245 g/mol. The third-order valence-electron chi connectivity index (χ3n) is 4.13. The summed E-state index contributed by atoms with van der Waals surface area (Å²) in [6.45, 7) is 8.89. The number of nitrogens with zero attached hydrogens (tertiary/aromatic N) is 1. The van der Waals surface area contributed by atoms with Crippen molar-refractivity contribution in [1.29, 1.82) is 0 Å². The van der Waals surface area contributed by atoms with E-state index in [2.05, 4.69) is 27.7 Å². The molecule has 0 saturated carbocycles. The molecule has 0 fully saturated rings. The summed E-state index contributed by atoms with van der Waals surface area (Å²) in [6.07, 6.45) is 8.89. The Morgan fingerprint density at radius 1 is 1.06 bits per heavy atom. The fourth-order valence-electron chi connectivity index (χ4n) is 3.34. The normalized spacial score (nSPS) is 20.1. The van der Waals surface area contributed by atoms with E-state index in [0.717, 1.165) is 0 Å². The van der Waals surface area contributed by atoms with Gasteiger partial charge in [-0.2, -0.15) is 0 Å². The molecule has 0 aliphatic heterocycles. The van der Waals surface area contributed by atoms with Gasteiger partial charge in [-0.1, -0.05) is 34.1 Å². The molecule has 0 spiro atoms. The van der Waals surface area contributed by atoms with Crippen LogP contribution in [-0.2, 0) is 25.7 Å². The number of hydrogen-bond acceptors (Lipinski definition) is 1. The fraction of sp³-hybridized carbons (Fsp3) is 0.706. The third-order valence-corrected chi connectivity index (χ3v) is 4.13. The van der Waals surface area contributed by atoms with E-state index in [-0.39, 0.29) is 0 Å². The number of aromatic nitrogens is 1. The molecule has 0 amide bonds. The molecule has 0 aromatic carbocycles. The molecule has 1 heterocycles. The molecular formula is C17H27N. The van der Waals surface area contributed by atoms with Crippen molar-refractivity contribution >= 4 is 0 Å². The summed E-state index contributed by atoms with van der Waals surface area (Å²) < 4.78 is 0. The summed E-state index contributed by atoms with van der Waals surface area (Å²) in [5, 5.41) is 0. The smallest absolute Gasteiger partial charge is 0.0470 e. The first-order valence-corrected chi connectivity index (χ1v) is 7.76. The quantitative estimate of drug-likeness (QED) is 0.704. The molecule has 100 valence electrons. The van der Waals surface area contributed by atoms with Gasteiger partial charge in [-0.15, -0.1) is 0 Å². The Labute approximate surface area is 112 Å². The van der Waals surface area contributed by atoms with Crippen LogP contribution in [0.1, 0.15) is 81.0 Å². The first kappa shape index (κ1) is 13.6. The minimum atomic E-state index is 0.705. The number of fused-ring (bicyclic) bond motifs is 2. The lowest BCUT2D eigenvalue weighted by atomic mass is 9.97. The first-order valence-electron chi connectivity index (χ1n) is 7.76. The van der Waals surface area contributed by atoms with Gasteiger partial charge in [0.15, 0.2) is 0 Å². The van der Waals surface area contributed by atoms with Crippen LogP contribution in [0.5, 0.6) is 0 Å². The summed E-state index contributed by atoms with van der Waals surface area (Å²) in [5.74, 6) is 0.705. The molecule has 0 bridgehead atoms. The van der Waals surface area contributed by atoms with E-state index in [0.29, 0.717) is 5.92 Å². The second-order valence-corrected chi connectivity index (χ2v) is 5.73. The third kappa shape index (κ3) is 2.32. The first-order chi connectivity index (χ1) is 8.72. The van der Waals surface area contributed by atoms with Gasteiger partial charge in [0.1, 0.15) is 0 Å². The van der Waals surface area contributed by atoms with Crippen molar-refractivity contribution in [1.82, 2.24) is 4.98 Å². The number of pyridine rings is 1. The van der Waals surface area contributed by atoms with Crippen LogP contribution in [0.25, 0.3) is 0 Å². The Morgan fingerprint density at radius 3 is 2.44 bits per heavy atom. The molecule has 1 nitrogen and oxygen atoms in total. The molecule has 1 unspecified atom stereocenters. The zero-order valence-electron chi connectivity index (χ0n) is 12.5. The van der Waals surface area contributed by atoms with Crippen LogP contribution in [0.3, 0.4) is 0 Å². The van der Waals surface area contributed by atoms with Crippen LogP contribution in [0.4, 0.5) is 0 Å². The summed E-state index contributed by atoms with van der Waals surface area (Å²) in [4.78, 5) is 4.92. The highest BCUT2D eigenvalue weighted by Gasteiger charge is 2.27. The molecule has 2 aliphatic rings. The standard InChI is InChI=1S/C14H19N.C3H8/c1-3-10-11-5-4-6-13(11)15-14-9(2)7-8-12(10)14;1-3-2/h9H,3-8H2,1-2H3;3H2,1-2H3. The van der Waals surface area contributed by atoms with E-state index in [4.69, 9.17) is 4.98 Å². The number of rotatable bonds is 1. The van der Waals surface area contributed by atoms with Crippen molar-refractivity contribution in [3.8, 4) is 0 Å². The van der Waals surface area contributed by atoms with Crippen LogP contribution >= 0.6 is 0 Å². The second-order valence-electron chi connectivity index (χ2n) is 5.73. The van der Waals surface area contributed by atoms with Gasteiger partial charge in [0.05, 0.1) is 0 Å². The van der Waals surface area contributed by atoms with Crippen LogP contribution < -0.4 is 0 Å². The average Bonchev–Trinajstić information content (AvgIpc) is 2.95. The van der Waals surface area contributed by atoms with E-state index in [1.54, 1.807) is 16.7 Å². The van der Waals surface area contributed by atoms with Crippen molar-refractivity contribution < 1.29 is 0 Å². The molecule has 1 heteroatoms. The highest BCUT2D eigenvalue weighted by molar-refractivity contribution is 5.46. The predicted molar refractivity (Wildman–Crippen MR) is 78.3 cm³/mol.